The Labute approximate surface area is 184 Å². The number of carbonyl (C=O) groups excluding carboxylic acids is 1. The van der Waals surface area contributed by atoms with E-state index in [0.29, 0.717) is 16.0 Å². The van der Waals surface area contributed by atoms with Crippen LogP contribution in [0.3, 0.4) is 0 Å². The first-order valence-corrected chi connectivity index (χ1v) is 12.0. The van der Waals surface area contributed by atoms with Crippen LogP contribution >= 0.6 is 23.5 Å². The van der Waals surface area contributed by atoms with Gasteiger partial charge in [-0.25, -0.2) is 4.98 Å². The van der Waals surface area contributed by atoms with Crippen LogP contribution in [-0.4, -0.2) is 26.8 Å². The Kier molecular flexibility index (Phi) is 5.27. The van der Waals surface area contributed by atoms with Gasteiger partial charge in [0.25, 0.3) is 5.91 Å². The molecule has 0 spiro atoms. The van der Waals surface area contributed by atoms with Gasteiger partial charge in [-0.05, 0) is 36.2 Å². The smallest absolute Gasteiger partial charge is 0.256 e. The predicted molar refractivity (Wildman–Crippen MR) is 127 cm³/mol. The zero-order chi connectivity index (χ0) is 20.5. The van der Waals surface area contributed by atoms with Crippen molar-refractivity contribution in [1.82, 2.24) is 9.38 Å². The number of benzene rings is 2. The first-order chi connectivity index (χ1) is 14.7. The molecule has 0 aliphatic carbocycles. The Balaban J connectivity index is 1.50. The second-order valence-electron chi connectivity index (χ2n) is 7.21. The van der Waals surface area contributed by atoms with Crippen LogP contribution in [0.4, 0.5) is 5.82 Å². The molecule has 1 amide bonds. The molecule has 4 aromatic rings. The number of pyridine rings is 1. The molecule has 2 aromatic heterocycles. The molecule has 0 unspecified atom stereocenters. The third-order valence-corrected chi connectivity index (χ3v) is 8.30. The number of aryl methyl sites for hydroxylation is 1. The molecule has 1 aliphatic heterocycles. The van der Waals surface area contributed by atoms with Crippen LogP contribution in [-0.2, 0) is 0 Å². The number of fused-ring (bicyclic) bond motifs is 1. The fourth-order valence-electron chi connectivity index (χ4n) is 3.64. The first kappa shape index (κ1) is 19.3. The van der Waals surface area contributed by atoms with Gasteiger partial charge in [0.1, 0.15) is 17.2 Å². The van der Waals surface area contributed by atoms with Crippen molar-refractivity contribution in [3.8, 4) is 11.3 Å². The largest absolute Gasteiger partial charge is 0.306 e. The molecule has 2 aromatic carbocycles. The van der Waals surface area contributed by atoms with Crippen molar-refractivity contribution in [2.75, 3.05) is 16.8 Å². The van der Waals surface area contributed by atoms with Gasteiger partial charge in [0.15, 0.2) is 0 Å². The SMILES string of the molecule is Cc1cccn2c(NC(=O)c3ccc(C4SCCS4)cc3)c(-c3ccccc3)nc12. The fraction of sp³-hybridized carbons (Fsp3) is 0.167. The van der Waals surface area contributed by atoms with Crippen molar-refractivity contribution >= 4 is 40.9 Å². The van der Waals surface area contributed by atoms with E-state index in [9.17, 15) is 4.79 Å². The van der Waals surface area contributed by atoms with Crippen LogP contribution < -0.4 is 5.32 Å². The van der Waals surface area contributed by atoms with E-state index < -0.39 is 0 Å². The molecule has 0 saturated carbocycles. The van der Waals surface area contributed by atoms with E-state index in [2.05, 4.69) is 17.4 Å². The zero-order valence-corrected chi connectivity index (χ0v) is 18.2. The molecular formula is C24H21N3OS2. The molecule has 30 heavy (non-hydrogen) atoms. The summed E-state index contributed by atoms with van der Waals surface area (Å²) in [5, 5.41) is 3.12. The van der Waals surface area contributed by atoms with E-state index in [0.717, 1.165) is 22.5 Å². The average Bonchev–Trinajstić information content (AvgIpc) is 3.44. The number of rotatable bonds is 4. The van der Waals surface area contributed by atoms with E-state index in [-0.39, 0.29) is 5.91 Å². The van der Waals surface area contributed by atoms with Crippen LogP contribution in [0, 0.1) is 6.92 Å². The highest BCUT2D eigenvalue weighted by Gasteiger charge is 2.20. The van der Waals surface area contributed by atoms with Gasteiger partial charge >= 0.3 is 0 Å². The van der Waals surface area contributed by atoms with Crippen molar-refractivity contribution < 1.29 is 4.79 Å². The van der Waals surface area contributed by atoms with E-state index in [1.165, 1.54) is 17.1 Å². The highest BCUT2D eigenvalue weighted by Crippen LogP contribution is 2.45. The van der Waals surface area contributed by atoms with E-state index in [4.69, 9.17) is 4.98 Å². The first-order valence-electron chi connectivity index (χ1n) is 9.88. The van der Waals surface area contributed by atoms with Gasteiger partial charge < -0.3 is 5.32 Å². The van der Waals surface area contributed by atoms with Gasteiger partial charge in [-0.1, -0.05) is 48.5 Å². The molecule has 6 heteroatoms. The molecule has 4 nitrogen and oxygen atoms in total. The molecule has 0 atom stereocenters. The molecule has 1 aliphatic rings. The molecule has 1 saturated heterocycles. The Bertz CT molecular complexity index is 1200. The maximum atomic E-state index is 13.1. The van der Waals surface area contributed by atoms with Gasteiger partial charge in [0.2, 0.25) is 0 Å². The van der Waals surface area contributed by atoms with Crippen LogP contribution in [0.25, 0.3) is 16.9 Å². The summed E-state index contributed by atoms with van der Waals surface area (Å²) in [6, 6.07) is 21.9. The van der Waals surface area contributed by atoms with Gasteiger partial charge in [-0.2, -0.15) is 0 Å². The lowest BCUT2D eigenvalue weighted by Crippen LogP contribution is -2.14. The number of amides is 1. The molecule has 0 bridgehead atoms. The summed E-state index contributed by atoms with van der Waals surface area (Å²) in [4.78, 5) is 17.9. The number of nitrogens with zero attached hydrogens (tertiary/aromatic N) is 2. The summed E-state index contributed by atoms with van der Waals surface area (Å²) in [6.45, 7) is 2.03. The fourth-order valence-corrected chi connectivity index (χ4v) is 6.50. The summed E-state index contributed by atoms with van der Waals surface area (Å²) in [7, 11) is 0. The van der Waals surface area contributed by atoms with E-state index >= 15 is 0 Å². The average molecular weight is 432 g/mol. The van der Waals surface area contributed by atoms with Crippen LogP contribution in [0.15, 0.2) is 72.9 Å². The topological polar surface area (TPSA) is 46.4 Å². The molecule has 5 rings (SSSR count). The standard InChI is InChI=1S/C24H21N3OS2/c1-16-6-5-13-27-21(16)25-20(17-7-3-2-4-8-17)22(27)26-23(28)18-9-11-19(12-10-18)24-29-14-15-30-24/h2-13,24H,14-15H2,1H3,(H,26,28). The summed E-state index contributed by atoms with van der Waals surface area (Å²) in [5.74, 6) is 2.94. The van der Waals surface area contributed by atoms with Crippen LogP contribution in [0.2, 0.25) is 0 Å². The molecular weight excluding hydrogens is 410 g/mol. The van der Waals surface area contributed by atoms with Crippen molar-refractivity contribution in [3.05, 3.63) is 89.6 Å². The molecule has 0 radical (unpaired) electrons. The third-order valence-electron chi connectivity index (χ3n) is 5.19. The van der Waals surface area contributed by atoms with Gasteiger partial charge in [0.05, 0.1) is 4.58 Å². The van der Waals surface area contributed by atoms with Crippen molar-refractivity contribution in [2.45, 2.75) is 11.5 Å². The van der Waals surface area contributed by atoms with Gasteiger partial charge in [0, 0.05) is 28.8 Å². The summed E-state index contributed by atoms with van der Waals surface area (Å²) >= 11 is 3.93. The number of hydrogen-bond donors (Lipinski definition) is 1. The quantitative estimate of drug-likeness (QED) is 0.428. The summed E-state index contributed by atoms with van der Waals surface area (Å²) in [6.07, 6.45) is 1.94. The Morgan fingerprint density at radius 2 is 1.73 bits per heavy atom. The van der Waals surface area contributed by atoms with E-state index in [1.54, 1.807) is 0 Å². The number of anilines is 1. The number of carbonyl (C=O) groups is 1. The Morgan fingerprint density at radius 3 is 2.47 bits per heavy atom. The highest BCUT2D eigenvalue weighted by molar-refractivity contribution is 8.19. The number of imidazole rings is 1. The Hall–Kier alpha value is -2.70. The highest BCUT2D eigenvalue weighted by atomic mass is 32.2. The minimum absolute atomic E-state index is 0.131. The minimum atomic E-state index is -0.131. The Morgan fingerprint density at radius 1 is 1.00 bits per heavy atom. The van der Waals surface area contributed by atoms with Crippen molar-refractivity contribution in [1.29, 1.82) is 0 Å². The zero-order valence-electron chi connectivity index (χ0n) is 16.5. The monoisotopic (exact) mass is 431 g/mol. The normalized spacial score (nSPS) is 14.3. The van der Waals surface area contributed by atoms with Crippen molar-refractivity contribution in [2.24, 2.45) is 0 Å². The maximum Gasteiger partial charge on any atom is 0.256 e. The lowest BCUT2D eigenvalue weighted by molar-refractivity contribution is 0.102. The second kappa shape index (κ2) is 8.20. The predicted octanol–water partition coefficient (Wildman–Crippen LogP) is 6.04. The lowest BCUT2D eigenvalue weighted by atomic mass is 10.1. The maximum absolute atomic E-state index is 13.1. The molecule has 3 heterocycles. The number of nitrogens with one attached hydrogen (secondary N) is 1. The molecule has 150 valence electrons. The summed E-state index contributed by atoms with van der Waals surface area (Å²) in [5.41, 5.74) is 5.57. The second-order valence-corrected chi connectivity index (χ2v) is 9.93. The number of thioether (sulfide) groups is 2. The van der Waals surface area contributed by atoms with Crippen molar-refractivity contribution in [3.63, 3.8) is 0 Å². The summed E-state index contributed by atoms with van der Waals surface area (Å²) < 4.78 is 2.43. The molecule has 1 N–H and O–H groups in total. The minimum Gasteiger partial charge on any atom is -0.306 e. The third kappa shape index (κ3) is 3.61. The van der Waals surface area contributed by atoms with Crippen LogP contribution in [0.5, 0.6) is 0 Å². The van der Waals surface area contributed by atoms with Crippen LogP contribution in [0.1, 0.15) is 26.1 Å². The number of aromatic nitrogens is 2. The number of hydrogen-bond acceptors (Lipinski definition) is 4. The lowest BCUT2D eigenvalue weighted by Gasteiger charge is -2.11. The van der Waals surface area contributed by atoms with Gasteiger partial charge in [-0.15, -0.1) is 23.5 Å². The molecule has 1 fully saturated rings. The van der Waals surface area contributed by atoms with Gasteiger partial charge in [-0.3, -0.25) is 9.20 Å². The van der Waals surface area contributed by atoms with E-state index in [1.807, 2.05) is 95.6 Å².